The molecule has 2 heterocycles. The second-order valence-corrected chi connectivity index (χ2v) is 13.0. The first-order valence-corrected chi connectivity index (χ1v) is 16.3. The van der Waals surface area contributed by atoms with E-state index in [0.29, 0.717) is 6.42 Å². The molecule has 0 aromatic carbocycles. The van der Waals surface area contributed by atoms with Gasteiger partial charge in [0.25, 0.3) is 0 Å². The summed E-state index contributed by atoms with van der Waals surface area (Å²) < 4.78 is 30.3. The van der Waals surface area contributed by atoms with Crippen LogP contribution >= 0.6 is 0 Å². The number of hydrogen-bond donors (Lipinski definition) is 8. The molecule has 0 aromatic heterocycles. The van der Waals surface area contributed by atoms with Gasteiger partial charge in [-0.15, -0.1) is 0 Å². The van der Waals surface area contributed by atoms with Crippen LogP contribution < -0.4 is 11.1 Å². The summed E-state index contributed by atoms with van der Waals surface area (Å²) >= 11 is 0. The fourth-order valence-corrected chi connectivity index (χ4v) is 7.03. The number of carbonyl (C=O) groups excluding carboxylic acids is 1. The molecule has 15 nitrogen and oxygen atoms in total. The number of carboxylic acid groups (broad SMARTS) is 1. The number of aliphatic hydroxyl groups excluding tert-OH is 5. The summed E-state index contributed by atoms with van der Waals surface area (Å²) in [6.45, 7) is 2.43. The van der Waals surface area contributed by atoms with Crippen molar-refractivity contribution in [2.75, 3.05) is 13.2 Å². The van der Waals surface area contributed by atoms with Crippen molar-refractivity contribution < 1.29 is 63.9 Å². The molecule has 4 fully saturated rings. The zero-order valence-corrected chi connectivity index (χ0v) is 26.1. The lowest BCUT2D eigenvalue weighted by molar-refractivity contribution is -0.336. The van der Waals surface area contributed by atoms with Crippen molar-refractivity contribution in [3.63, 3.8) is 0 Å². The lowest BCUT2D eigenvalue weighted by atomic mass is 9.85. The highest BCUT2D eigenvalue weighted by atomic mass is 16.7. The molecule has 4 rings (SSSR count). The number of aliphatic hydroxyl groups is 5. The van der Waals surface area contributed by atoms with E-state index in [9.17, 15) is 40.2 Å². The van der Waals surface area contributed by atoms with Crippen molar-refractivity contribution in [3.05, 3.63) is 0 Å². The molecule has 2 saturated carbocycles. The molecular weight excluding hydrogens is 596 g/mol. The lowest BCUT2D eigenvalue weighted by Gasteiger charge is -2.48. The molecule has 14 atom stereocenters. The predicted octanol–water partition coefficient (Wildman–Crippen LogP) is -1.27. The number of carboxylic acids is 1. The van der Waals surface area contributed by atoms with Crippen LogP contribution in [0.5, 0.6) is 0 Å². The van der Waals surface area contributed by atoms with Gasteiger partial charge in [0.05, 0.1) is 31.5 Å². The number of nitrogens with two attached hydrogens (primary N) is 1. The van der Waals surface area contributed by atoms with E-state index in [1.165, 1.54) is 0 Å². The number of nitrogens with one attached hydrogen (secondary N) is 1. The number of hydrogen-bond acceptors (Lipinski definition) is 13. The summed E-state index contributed by atoms with van der Waals surface area (Å²) in [6, 6.07) is -1.21. The number of aliphatic carboxylic acids is 1. The van der Waals surface area contributed by atoms with Crippen molar-refractivity contribution in [2.45, 2.75) is 151 Å². The fraction of sp³-hybridized carbons (Fsp3) is 0.933. The third kappa shape index (κ3) is 8.90. The number of ether oxygens (including phenoxy) is 5. The monoisotopic (exact) mass is 648 g/mol. The fourth-order valence-electron chi connectivity index (χ4n) is 7.03. The van der Waals surface area contributed by atoms with E-state index in [1.807, 2.05) is 6.92 Å². The van der Waals surface area contributed by atoms with Crippen LogP contribution in [0.2, 0.25) is 0 Å². The molecule has 2 saturated heterocycles. The van der Waals surface area contributed by atoms with Crippen LogP contribution in [-0.4, -0.2) is 135 Å². The van der Waals surface area contributed by atoms with Gasteiger partial charge in [-0.2, -0.15) is 0 Å². The van der Waals surface area contributed by atoms with Crippen LogP contribution in [0.4, 0.5) is 0 Å². The van der Waals surface area contributed by atoms with Crippen LogP contribution in [0.25, 0.3) is 0 Å². The first-order valence-electron chi connectivity index (χ1n) is 16.3. The van der Waals surface area contributed by atoms with Gasteiger partial charge in [-0.1, -0.05) is 45.4 Å². The van der Waals surface area contributed by atoms with Gasteiger partial charge < -0.3 is 65.4 Å². The molecule has 1 amide bonds. The maximum atomic E-state index is 12.6. The molecule has 9 N–H and O–H groups in total. The number of rotatable bonds is 12. The molecule has 2 aliphatic carbocycles. The normalized spacial score (nSPS) is 42.2. The van der Waals surface area contributed by atoms with Crippen LogP contribution in [-0.2, 0) is 33.3 Å². The van der Waals surface area contributed by atoms with Gasteiger partial charge in [0.1, 0.15) is 42.7 Å². The number of amides is 1. The maximum Gasteiger partial charge on any atom is 0.332 e. The molecule has 0 spiro atoms. The molecule has 15 heteroatoms. The molecule has 0 aromatic rings. The van der Waals surface area contributed by atoms with Crippen LogP contribution in [0.15, 0.2) is 0 Å². The van der Waals surface area contributed by atoms with Gasteiger partial charge in [0, 0.05) is 0 Å². The highest BCUT2D eigenvalue weighted by Crippen LogP contribution is 2.36. The Morgan fingerprint density at radius 2 is 1.58 bits per heavy atom. The third-order valence-electron chi connectivity index (χ3n) is 9.72. The molecule has 2 aliphatic heterocycles. The summed E-state index contributed by atoms with van der Waals surface area (Å²) in [5, 5.41) is 65.0. The van der Waals surface area contributed by atoms with Gasteiger partial charge in [-0.05, 0) is 38.0 Å². The molecule has 0 radical (unpaired) electrons. The largest absolute Gasteiger partial charge is 0.479 e. The molecule has 4 aliphatic rings. The van der Waals surface area contributed by atoms with Crippen molar-refractivity contribution in [1.29, 1.82) is 0 Å². The molecule has 8 unspecified atom stereocenters. The smallest absolute Gasteiger partial charge is 0.332 e. The Bertz CT molecular complexity index is 955. The molecular formula is C30H52N2O13. The Labute approximate surface area is 263 Å². The minimum atomic E-state index is -1.53. The quantitative estimate of drug-likeness (QED) is 0.123. The van der Waals surface area contributed by atoms with Crippen molar-refractivity contribution in [1.82, 2.24) is 5.32 Å². The maximum absolute atomic E-state index is 12.6. The summed E-state index contributed by atoms with van der Waals surface area (Å²) in [6.07, 6.45) is -7.48. The third-order valence-corrected chi connectivity index (χ3v) is 9.72. The Morgan fingerprint density at radius 3 is 2.22 bits per heavy atom. The SMILES string of the molecule is CC1CCC[C@@H](O[C@@H]2OC(CO)[C@H](O)C(O[C@@H](CC3CCCCC3)C(=O)O)C2NC(=O)CN)C1O[C@@H]1OC(C)[C@@H](O)C(O)C1O. The highest BCUT2D eigenvalue weighted by Gasteiger charge is 2.51. The van der Waals surface area contributed by atoms with Crippen LogP contribution in [0, 0.1) is 11.8 Å². The Balaban J connectivity index is 1.57. The predicted molar refractivity (Wildman–Crippen MR) is 155 cm³/mol. The van der Waals surface area contributed by atoms with E-state index in [4.69, 9.17) is 29.4 Å². The topological polar surface area (TPSA) is 240 Å². The van der Waals surface area contributed by atoms with E-state index >= 15 is 0 Å². The summed E-state index contributed by atoms with van der Waals surface area (Å²) in [5.41, 5.74) is 5.59. The van der Waals surface area contributed by atoms with Crippen molar-refractivity contribution >= 4 is 11.9 Å². The van der Waals surface area contributed by atoms with Crippen molar-refractivity contribution in [2.24, 2.45) is 17.6 Å². The van der Waals surface area contributed by atoms with E-state index in [1.54, 1.807) is 6.92 Å². The van der Waals surface area contributed by atoms with Gasteiger partial charge in [0.2, 0.25) is 5.91 Å². The van der Waals surface area contributed by atoms with Crippen LogP contribution in [0.1, 0.15) is 71.6 Å². The second-order valence-electron chi connectivity index (χ2n) is 13.0. The van der Waals surface area contributed by atoms with Crippen molar-refractivity contribution in [3.8, 4) is 0 Å². The lowest BCUT2D eigenvalue weighted by Crippen LogP contribution is -2.67. The summed E-state index contributed by atoms with van der Waals surface area (Å²) in [5.74, 6) is -1.80. The van der Waals surface area contributed by atoms with Gasteiger partial charge in [-0.25, -0.2) is 4.79 Å². The minimum absolute atomic E-state index is 0.113. The first-order chi connectivity index (χ1) is 21.4. The van der Waals surface area contributed by atoms with Gasteiger partial charge in [0.15, 0.2) is 18.7 Å². The Morgan fingerprint density at radius 1 is 0.867 bits per heavy atom. The van der Waals surface area contributed by atoms with E-state index in [0.717, 1.165) is 44.9 Å². The highest BCUT2D eigenvalue weighted by molar-refractivity contribution is 5.78. The molecule has 0 bridgehead atoms. The number of carbonyl (C=O) groups is 2. The van der Waals surface area contributed by atoms with E-state index in [-0.39, 0.29) is 18.3 Å². The Kier molecular flexibility index (Phi) is 13.4. The van der Waals surface area contributed by atoms with Gasteiger partial charge in [-0.3, -0.25) is 4.79 Å². The zero-order valence-electron chi connectivity index (χ0n) is 26.1. The van der Waals surface area contributed by atoms with Gasteiger partial charge >= 0.3 is 5.97 Å². The standard InChI is InChI=1S/C30H52N2O13/c1-14-7-6-10-17(26(14)45-30-25(38)24(37)22(35)15(2)41-30)43-29-21(32-20(34)12-31)27(23(36)19(13-33)44-29)42-18(28(39)40)11-16-8-4-3-5-9-16/h14-19,21-27,29-30,33,35-38H,3-13,31H2,1-2H3,(H,32,34)(H,39,40)/t14?,15?,17-,18+,19?,21?,22-,23+,24?,25?,26?,27?,29-,30+/m1/s1. The Hall–Kier alpha value is -1.50. The summed E-state index contributed by atoms with van der Waals surface area (Å²) in [7, 11) is 0. The van der Waals surface area contributed by atoms with Crippen LogP contribution in [0.3, 0.4) is 0 Å². The summed E-state index contributed by atoms with van der Waals surface area (Å²) in [4.78, 5) is 24.9. The minimum Gasteiger partial charge on any atom is -0.479 e. The van der Waals surface area contributed by atoms with E-state index < -0.39 is 105 Å². The molecule has 260 valence electrons. The molecule has 45 heavy (non-hydrogen) atoms. The van der Waals surface area contributed by atoms with E-state index in [2.05, 4.69) is 5.32 Å². The zero-order chi connectivity index (χ0) is 32.8. The average molecular weight is 649 g/mol. The second kappa shape index (κ2) is 16.6. The average Bonchev–Trinajstić information content (AvgIpc) is 3.02. The first kappa shape index (κ1) is 36.3.